The van der Waals surface area contributed by atoms with Gasteiger partial charge in [-0.15, -0.1) is 0 Å². The summed E-state index contributed by atoms with van der Waals surface area (Å²) in [6, 6.07) is 0.545. The quantitative estimate of drug-likeness (QED) is 0.740. The van der Waals surface area contributed by atoms with Crippen molar-refractivity contribution in [3.8, 4) is 0 Å². The van der Waals surface area contributed by atoms with Gasteiger partial charge in [-0.3, -0.25) is 4.79 Å². The van der Waals surface area contributed by atoms with Crippen molar-refractivity contribution < 1.29 is 4.79 Å². The van der Waals surface area contributed by atoms with Gasteiger partial charge in [-0.25, -0.2) is 0 Å². The fraction of sp³-hybridized carbons (Fsp3) is 0.917. The van der Waals surface area contributed by atoms with Crippen LogP contribution < -0.4 is 10.6 Å². The SMILES string of the molecule is CCC1CCCCC1NC(=O)[C@H]1CCN1. The average Bonchev–Trinajstić information content (AvgIpc) is 2.15. The van der Waals surface area contributed by atoms with Gasteiger partial charge in [0.25, 0.3) is 0 Å². The molecule has 1 amide bonds. The van der Waals surface area contributed by atoms with Crippen molar-refractivity contribution in [3.63, 3.8) is 0 Å². The smallest absolute Gasteiger partial charge is 0.237 e. The number of hydrogen-bond donors (Lipinski definition) is 2. The molecule has 1 saturated heterocycles. The molecule has 2 aliphatic rings. The van der Waals surface area contributed by atoms with Crippen LogP contribution >= 0.6 is 0 Å². The number of rotatable bonds is 3. The topological polar surface area (TPSA) is 41.1 Å². The summed E-state index contributed by atoms with van der Waals surface area (Å²) in [7, 11) is 0. The molecular formula is C12H22N2O. The molecule has 2 fully saturated rings. The van der Waals surface area contributed by atoms with Crippen LogP contribution in [-0.2, 0) is 4.79 Å². The molecule has 0 aromatic rings. The summed E-state index contributed by atoms with van der Waals surface area (Å²) < 4.78 is 0. The summed E-state index contributed by atoms with van der Waals surface area (Å²) in [5, 5.41) is 6.38. The van der Waals surface area contributed by atoms with Gasteiger partial charge >= 0.3 is 0 Å². The number of carbonyl (C=O) groups excluding carboxylic acids is 1. The Balaban J connectivity index is 1.82. The monoisotopic (exact) mass is 210 g/mol. The molecule has 3 heteroatoms. The second-order valence-electron chi connectivity index (χ2n) is 4.86. The molecule has 1 aliphatic carbocycles. The molecule has 3 nitrogen and oxygen atoms in total. The summed E-state index contributed by atoms with van der Waals surface area (Å²) >= 11 is 0. The highest BCUT2D eigenvalue weighted by Gasteiger charge is 2.30. The molecule has 0 aromatic heterocycles. The average molecular weight is 210 g/mol. The van der Waals surface area contributed by atoms with E-state index in [0.29, 0.717) is 12.0 Å². The van der Waals surface area contributed by atoms with E-state index >= 15 is 0 Å². The Kier molecular flexibility index (Phi) is 3.62. The molecule has 1 aliphatic heterocycles. The molecule has 15 heavy (non-hydrogen) atoms. The van der Waals surface area contributed by atoms with Gasteiger partial charge in [0.15, 0.2) is 0 Å². The second-order valence-corrected chi connectivity index (χ2v) is 4.86. The van der Waals surface area contributed by atoms with Crippen LogP contribution in [-0.4, -0.2) is 24.5 Å². The van der Waals surface area contributed by atoms with Crippen molar-refractivity contribution in [2.45, 2.75) is 57.5 Å². The predicted octanol–water partition coefficient (Wildman–Crippen LogP) is 1.43. The first-order valence-corrected chi connectivity index (χ1v) is 6.35. The van der Waals surface area contributed by atoms with E-state index in [-0.39, 0.29) is 11.9 Å². The standard InChI is InChI=1S/C12H22N2O/c1-2-9-5-3-4-6-10(9)14-12(15)11-7-8-13-11/h9-11,13H,2-8H2,1H3,(H,14,15)/t9?,10?,11-/m1/s1. The lowest BCUT2D eigenvalue weighted by molar-refractivity contribution is -0.126. The molecule has 1 saturated carbocycles. The third-order valence-corrected chi connectivity index (χ3v) is 3.90. The lowest BCUT2D eigenvalue weighted by Gasteiger charge is -2.34. The summed E-state index contributed by atoms with van der Waals surface area (Å²) in [6.07, 6.45) is 7.29. The minimum atomic E-state index is 0.101. The zero-order valence-electron chi connectivity index (χ0n) is 9.59. The van der Waals surface area contributed by atoms with E-state index in [1.165, 1.54) is 32.1 Å². The van der Waals surface area contributed by atoms with Crippen molar-refractivity contribution in [3.05, 3.63) is 0 Å². The third-order valence-electron chi connectivity index (χ3n) is 3.90. The molecule has 0 radical (unpaired) electrons. The normalized spacial score (nSPS) is 35.7. The lowest BCUT2D eigenvalue weighted by atomic mass is 9.82. The molecule has 0 bridgehead atoms. The molecule has 2 N–H and O–H groups in total. The van der Waals surface area contributed by atoms with Crippen LogP contribution in [0.3, 0.4) is 0 Å². The van der Waals surface area contributed by atoms with E-state index in [9.17, 15) is 4.79 Å². The molecular weight excluding hydrogens is 188 g/mol. The van der Waals surface area contributed by atoms with Crippen molar-refractivity contribution in [2.75, 3.05) is 6.54 Å². The first-order valence-electron chi connectivity index (χ1n) is 6.35. The Morgan fingerprint density at radius 2 is 2.07 bits per heavy atom. The van der Waals surface area contributed by atoms with Gasteiger partial charge in [0.05, 0.1) is 6.04 Å². The zero-order chi connectivity index (χ0) is 10.7. The molecule has 86 valence electrons. The lowest BCUT2D eigenvalue weighted by Crippen LogP contribution is -2.56. The second kappa shape index (κ2) is 4.97. The first-order chi connectivity index (χ1) is 7.31. The highest BCUT2D eigenvalue weighted by molar-refractivity contribution is 5.82. The van der Waals surface area contributed by atoms with E-state index in [1.54, 1.807) is 0 Å². The Hall–Kier alpha value is -0.570. The first kappa shape index (κ1) is 10.9. The van der Waals surface area contributed by atoms with Gasteiger partial charge in [-0.05, 0) is 31.7 Å². The molecule has 0 aromatic carbocycles. The summed E-state index contributed by atoms with van der Waals surface area (Å²) in [4.78, 5) is 11.8. The molecule has 1 heterocycles. The van der Waals surface area contributed by atoms with E-state index in [2.05, 4.69) is 17.6 Å². The van der Waals surface area contributed by atoms with Crippen LogP contribution in [0.15, 0.2) is 0 Å². The molecule has 3 atom stereocenters. The van der Waals surface area contributed by atoms with Crippen molar-refractivity contribution in [1.29, 1.82) is 0 Å². The van der Waals surface area contributed by atoms with Crippen molar-refractivity contribution >= 4 is 5.91 Å². The summed E-state index contributed by atoms with van der Waals surface area (Å²) in [5.41, 5.74) is 0. The maximum atomic E-state index is 11.8. The highest BCUT2D eigenvalue weighted by Crippen LogP contribution is 2.26. The summed E-state index contributed by atoms with van der Waals surface area (Å²) in [6.45, 7) is 3.23. The number of hydrogen-bond acceptors (Lipinski definition) is 2. The summed E-state index contributed by atoms with van der Waals surface area (Å²) in [5.74, 6) is 0.939. The fourth-order valence-corrected chi connectivity index (χ4v) is 2.68. The Morgan fingerprint density at radius 1 is 1.33 bits per heavy atom. The number of nitrogens with one attached hydrogen (secondary N) is 2. The highest BCUT2D eigenvalue weighted by atomic mass is 16.2. The van der Waals surface area contributed by atoms with E-state index in [4.69, 9.17) is 0 Å². The van der Waals surface area contributed by atoms with Crippen molar-refractivity contribution in [1.82, 2.24) is 10.6 Å². The minimum Gasteiger partial charge on any atom is -0.352 e. The van der Waals surface area contributed by atoms with Crippen LogP contribution in [0.5, 0.6) is 0 Å². The van der Waals surface area contributed by atoms with Gasteiger partial charge in [-0.1, -0.05) is 26.2 Å². The van der Waals surface area contributed by atoms with Crippen LogP contribution in [0.1, 0.15) is 45.4 Å². The van der Waals surface area contributed by atoms with E-state index in [0.717, 1.165) is 13.0 Å². The minimum absolute atomic E-state index is 0.101. The van der Waals surface area contributed by atoms with Gasteiger partial charge in [-0.2, -0.15) is 0 Å². The Morgan fingerprint density at radius 3 is 2.67 bits per heavy atom. The van der Waals surface area contributed by atoms with Gasteiger partial charge in [0.1, 0.15) is 0 Å². The number of carbonyl (C=O) groups is 1. The van der Waals surface area contributed by atoms with Crippen LogP contribution in [0, 0.1) is 5.92 Å². The van der Waals surface area contributed by atoms with E-state index < -0.39 is 0 Å². The van der Waals surface area contributed by atoms with Crippen LogP contribution in [0.25, 0.3) is 0 Å². The predicted molar refractivity (Wildman–Crippen MR) is 60.6 cm³/mol. The maximum absolute atomic E-state index is 11.8. The molecule has 2 rings (SSSR count). The fourth-order valence-electron chi connectivity index (χ4n) is 2.68. The Labute approximate surface area is 92.0 Å². The van der Waals surface area contributed by atoms with Crippen molar-refractivity contribution in [2.24, 2.45) is 5.92 Å². The number of amides is 1. The molecule has 2 unspecified atom stereocenters. The van der Waals surface area contributed by atoms with Gasteiger partial charge in [0.2, 0.25) is 5.91 Å². The van der Waals surface area contributed by atoms with Crippen LogP contribution in [0.2, 0.25) is 0 Å². The Bertz CT molecular complexity index is 226. The van der Waals surface area contributed by atoms with Crippen LogP contribution in [0.4, 0.5) is 0 Å². The van der Waals surface area contributed by atoms with Gasteiger partial charge < -0.3 is 10.6 Å². The van der Waals surface area contributed by atoms with E-state index in [1.807, 2.05) is 0 Å². The maximum Gasteiger partial charge on any atom is 0.237 e. The molecule has 0 spiro atoms. The zero-order valence-corrected chi connectivity index (χ0v) is 9.59. The largest absolute Gasteiger partial charge is 0.352 e. The third kappa shape index (κ3) is 2.51. The van der Waals surface area contributed by atoms with Gasteiger partial charge in [0, 0.05) is 6.04 Å².